The second kappa shape index (κ2) is 16.8. The molecule has 0 saturated carbocycles. The van der Waals surface area contributed by atoms with Gasteiger partial charge in [0.05, 0.1) is 16.7 Å². The first kappa shape index (κ1) is 40.7. The zero-order valence-electron chi connectivity index (χ0n) is 35.3. The number of rotatable bonds is 8. The van der Waals surface area contributed by atoms with Gasteiger partial charge in [0, 0.05) is 44.2 Å². The maximum atomic E-state index is 6.71. The molecule has 0 atom stereocenters. The monoisotopic (exact) mass is 831 g/mol. The lowest BCUT2D eigenvalue weighted by Gasteiger charge is -2.21. The van der Waals surface area contributed by atoms with E-state index in [1.54, 1.807) is 0 Å². The fourth-order valence-corrected chi connectivity index (χ4v) is 8.54. The van der Waals surface area contributed by atoms with E-state index in [9.17, 15) is 0 Å². The van der Waals surface area contributed by atoms with Gasteiger partial charge in [-0.25, -0.2) is 29.9 Å². The molecule has 10 radical (unpaired) electrons. The van der Waals surface area contributed by atoms with E-state index in [-0.39, 0.29) is 38.7 Å². The first-order valence-corrected chi connectivity index (χ1v) is 21.2. The molecule has 3 aromatic heterocycles. The van der Waals surface area contributed by atoms with Crippen molar-refractivity contribution in [3.63, 3.8) is 0 Å². The third-order valence-electron chi connectivity index (χ3n) is 11.8. The largest absolute Gasteiger partial charge is 0.308 e. The summed E-state index contributed by atoms with van der Waals surface area (Å²) in [6.45, 7) is 0. The zero-order valence-corrected chi connectivity index (χ0v) is 35.3. The molecule has 0 unspecified atom stereocenters. The van der Waals surface area contributed by atoms with Crippen LogP contribution < -0.4 is 27.3 Å². The molecule has 0 N–H and O–H groups in total. The van der Waals surface area contributed by atoms with Crippen molar-refractivity contribution in [2.75, 3.05) is 0 Å². The van der Waals surface area contributed by atoms with Crippen molar-refractivity contribution >= 4 is 88.4 Å². The standard InChI is InChI=1S/C54H30B5N7/c55-44-43(45(56)47(58)48(59)46(44)57)54-64-51(34-22-11-4-12-23-34)63-53(65-54)38-30-35(52-61-49(32-18-7-2-8-19-32)60-50(62-52)33-20-9-3-10-21-33)28-29-40(38)66-39-26-14-13-24-37(39)42-36(25-15-27-41(42)66)31-16-5-1-6-17-31/h1-30H. The fraction of sp³-hybridized carbons (Fsp3) is 0. The van der Waals surface area contributed by atoms with Gasteiger partial charge >= 0.3 is 0 Å². The summed E-state index contributed by atoms with van der Waals surface area (Å²) in [5, 5.41) is 2.18. The maximum Gasteiger partial charge on any atom is 0.166 e. The maximum absolute atomic E-state index is 6.71. The molecule has 296 valence electrons. The molecule has 8 aromatic carbocycles. The van der Waals surface area contributed by atoms with E-state index < -0.39 is 0 Å². The van der Waals surface area contributed by atoms with Crippen molar-refractivity contribution in [1.29, 1.82) is 0 Å². The van der Waals surface area contributed by atoms with Gasteiger partial charge in [-0.2, -0.15) is 0 Å². The minimum atomic E-state index is 0.0837. The van der Waals surface area contributed by atoms with Crippen LogP contribution in [0.4, 0.5) is 0 Å². The highest BCUT2D eigenvalue weighted by Crippen LogP contribution is 2.41. The normalized spacial score (nSPS) is 11.3. The van der Waals surface area contributed by atoms with Crippen LogP contribution in [0.2, 0.25) is 0 Å². The van der Waals surface area contributed by atoms with Crippen molar-refractivity contribution in [2.24, 2.45) is 0 Å². The summed E-state index contributed by atoms with van der Waals surface area (Å²) in [7, 11) is 32.6. The van der Waals surface area contributed by atoms with E-state index in [0.717, 1.165) is 55.3 Å². The van der Waals surface area contributed by atoms with Gasteiger partial charge in [0.25, 0.3) is 0 Å². The minimum Gasteiger partial charge on any atom is -0.308 e. The van der Waals surface area contributed by atoms with Gasteiger partial charge in [-0.15, -0.1) is 16.4 Å². The molecule has 0 saturated heterocycles. The topological polar surface area (TPSA) is 82.3 Å². The van der Waals surface area contributed by atoms with Gasteiger partial charge < -0.3 is 4.57 Å². The summed E-state index contributed by atoms with van der Waals surface area (Å²) in [5.74, 6) is 2.35. The average Bonchev–Trinajstić information content (AvgIpc) is 3.72. The van der Waals surface area contributed by atoms with Crippen molar-refractivity contribution in [2.45, 2.75) is 0 Å². The van der Waals surface area contributed by atoms with Crippen LogP contribution in [-0.4, -0.2) is 73.7 Å². The van der Waals surface area contributed by atoms with Crippen LogP contribution in [0.3, 0.4) is 0 Å². The predicted octanol–water partition coefficient (Wildman–Crippen LogP) is 6.79. The lowest BCUT2D eigenvalue weighted by Crippen LogP contribution is -2.55. The van der Waals surface area contributed by atoms with E-state index in [0.29, 0.717) is 40.2 Å². The van der Waals surface area contributed by atoms with Crippen molar-refractivity contribution in [1.82, 2.24) is 34.5 Å². The first-order chi connectivity index (χ1) is 32.3. The second-order valence-electron chi connectivity index (χ2n) is 15.8. The highest BCUT2D eigenvalue weighted by atomic mass is 15.1. The molecule has 0 amide bonds. The molecule has 0 aliphatic carbocycles. The molecule has 0 aliphatic heterocycles. The number of para-hydroxylation sites is 1. The highest BCUT2D eigenvalue weighted by Gasteiger charge is 2.24. The zero-order chi connectivity index (χ0) is 44.9. The van der Waals surface area contributed by atoms with Crippen LogP contribution in [0.15, 0.2) is 182 Å². The van der Waals surface area contributed by atoms with Crippen molar-refractivity contribution in [3.8, 4) is 85.1 Å². The highest BCUT2D eigenvalue weighted by molar-refractivity contribution is 6.68. The quantitative estimate of drug-likeness (QED) is 0.157. The Bertz CT molecular complexity index is 3560. The molecule has 0 aliphatic rings. The van der Waals surface area contributed by atoms with Gasteiger partial charge in [0.2, 0.25) is 0 Å². The third-order valence-corrected chi connectivity index (χ3v) is 11.8. The average molecular weight is 831 g/mol. The molecule has 0 fully saturated rings. The van der Waals surface area contributed by atoms with Crippen LogP contribution in [-0.2, 0) is 0 Å². The molecule has 0 spiro atoms. The van der Waals surface area contributed by atoms with Crippen molar-refractivity contribution in [3.05, 3.63) is 182 Å². The molecule has 3 heterocycles. The van der Waals surface area contributed by atoms with E-state index in [4.69, 9.17) is 69.1 Å². The Balaban J connectivity index is 1.24. The summed E-state index contributed by atoms with van der Waals surface area (Å²) in [4.78, 5) is 30.5. The predicted molar refractivity (Wildman–Crippen MR) is 273 cm³/mol. The van der Waals surface area contributed by atoms with Crippen LogP contribution in [0, 0.1) is 0 Å². The number of benzene rings is 8. The molecular weight excluding hydrogens is 801 g/mol. The van der Waals surface area contributed by atoms with Gasteiger partial charge in [-0.1, -0.05) is 163 Å². The fourth-order valence-electron chi connectivity index (χ4n) is 8.54. The first-order valence-electron chi connectivity index (χ1n) is 21.2. The van der Waals surface area contributed by atoms with Crippen LogP contribution in [0.5, 0.6) is 0 Å². The van der Waals surface area contributed by atoms with E-state index in [1.807, 2.05) is 115 Å². The number of hydrogen-bond donors (Lipinski definition) is 0. The Hall–Kier alpha value is -8.10. The summed E-state index contributed by atoms with van der Waals surface area (Å²) < 4.78 is 2.25. The van der Waals surface area contributed by atoms with E-state index in [2.05, 4.69) is 71.3 Å². The summed E-state index contributed by atoms with van der Waals surface area (Å²) in [6.07, 6.45) is 0. The molecule has 7 nitrogen and oxygen atoms in total. The van der Waals surface area contributed by atoms with Crippen LogP contribution in [0.25, 0.3) is 107 Å². The molecule has 66 heavy (non-hydrogen) atoms. The molecule has 11 aromatic rings. The Morgan fingerprint density at radius 2 is 0.727 bits per heavy atom. The minimum absolute atomic E-state index is 0.0837. The Labute approximate surface area is 388 Å². The molecule has 12 heteroatoms. The Kier molecular flexibility index (Phi) is 10.3. The lowest BCUT2D eigenvalue weighted by atomic mass is 9.60. The molecular formula is C54H30B5N7. The number of aromatic nitrogens is 7. The number of fused-ring (bicyclic) bond motifs is 3. The summed E-state index contributed by atoms with van der Waals surface area (Å²) in [5.41, 5.74) is 9.42. The third kappa shape index (κ3) is 7.11. The van der Waals surface area contributed by atoms with Gasteiger partial charge in [0.15, 0.2) is 34.9 Å². The van der Waals surface area contributed by atoms with Crippen molar-refractivity contribution < 1.29 is 0 Å². The molecule has 0 bridgehead atoms. The summed E-state index contributed by atoms with van der Waals surface area (Å²) in [6, 6.07) is 60.7. The van der Waals surface area contributed by atoms with Crippen LogP contribution >= 0.6 is 0 Å². The Morgan fingerprint density at radius 1 is 0.303 bits per heavy atom. The van der Waals surface area contributed by atoms with Gasteiger partial charge in [-0.3, -0.25) is 0 Å². The Morgan fingerprint density at radius 3 is 1.29 bits per heavy atom. The van der Waals surface area contributed by atoms with E-state index >= 15 is 0 Å². The van der Waals surface area contributed by atoms with Crippen LogP contribution in [0.1, 0.15) is 0 Å². The lowest BCUT2D eigenvalue weighted by molar-refractivity contribution is 1.06. The number of hydrogen-bond acceptors (Lipinski definition) is 6. The SMILES string of the molecule is [B]c1c([B])c([B])c(-c2nc(-c3ccccc3)nc(-c3cc(-c4nc(-c5ccccc5)nc(-c5ccccc5)n4)ccc3-n3c4ccccc4c4c(-c5ccccc5)cccc43)n2)c([B])c1[B]. The van der Waals surface area contributed by atoms with Gasteiger partial charge in [-0.05, 0) is 41.5 Å². The van der Waals surface area contributed by atoms with Gasteiger partial charge in [0.1, 0.15) is 39.2 Å². The summed E-state index contributed by atoms with van der Waals surface area (Å²) >= 11 is 0. The smallest absolute Gasteiger partial charge is 0.166 e. The second-order valence-corrected chi connectivity index (χ2v) is 15.8. The molecule has 11 rings (SSSR count). The van der Waals surface area contributed by atoms with E-state index in [1.165, 1.54) is 0 Å². The number of nitrogens with zero attached hydrogens (tertiary/aromatic N) is 7.